The zero-order valence-electron chi connectivity index (χ0n) is 13.7. The number of hydrogen-bond donors (Lipinski definition) is 1. The molecule has 0 aromatic heterocycles. The molecule has 0 saturated heterocycles. The first-order valence-electron chi connectivity index (χ1n) is 7.67. The van der Waals surface area contributed by atoms with Gasteiger partial charge >= 0.3 is 5.97 Å². The normalized spacial score (nSPS) is 12.6. The quantitative estimate of drug-likeness (QED) is 0.782. The smallest absolute Gasteiger partial charge is 0.337 e. The van der Waals surface area contributed by atoms with E-state index in [4.69, 9.17) is 0 Å². The monoisotopic (exact) mass is 347 g/mol. The number of carbonyl (C=O) groups excluding carboxylic acids is 1. The molecule has 0 radical (unpaired) electrons. The minimum atomic E-state index is -3.69. The lowest BCUT2D eigenvalue weighted by molar-refractivity contribution is 0.0600. The van der Waals surface area contributed by atoms with Crippen LogP contribution >= 0.6 is 0 Å². The molecule has 1 atom stereocenters. The van der Waals surface area contributed by atoms with Crippen LogP contribution in [-0.4, -0.2) is 27.5 Å². The van der Waals surface area contributed by atoms with Crippen LogP contribution in [0.1, 0.15) is 29.3 Å². The molecule has 0 aliphatic carbocycles. The highest BCUT2D eigenvalue weighted by atomic mass is 32.2. The number of hydrogen-bond acceptors (Lipinski definition) is 4. The van der Waals surface area contributed by atoms with E-state index in [1.54, 1.807) is 0 Å². The third-order valence-corrected chi connectivity index (χ3v) is 5.22. The molecule has 0 saturated carbocycles. The Morgan fingerprint density at radius 3 is 2.50 bits per heavy atom. The molecule has 128 valence electrons. The molecule has 0 amide bonds. The van der Waals surface area contributed by atoms with Gasteiger partial charge in [-0.2, -0.15) is 0 Å². The molecule has 0 heterocycles. The fourth-order valence-corrected chi connectivity index (χ4v) is 3.65. The van der Waals surface area contributed by atoms with Gasteiger partial charge in [0.2, 0.25) is 10.0 Å². The van der Waals surface area contributed by atoms with E-state index in [9.17, 15) is 13.2 Å². The van der Waals surface area contributed by atoms with Crippen LogP contribution in [0.15, 0.2) is 59.5 Å². The lowest BCUT2D eigenvalue weighted by Crippen LogP contribution is -2.33. The Morgan fingerprint density at radius 1 is 1.12 bits per heavy atom. The standard InChI is InChI=1S/C18H21NO4S/c1-14(11-12-15-7-4-3-5-8-15)19-24(21,22)17-10-6-9-16(13-17)18(20)23-2/h3-10,13-14,19H,11-12H2,1-2H3/t14-/m0/s1. The van der Waals surface area contributed by atoms with Crippen molar-refractivity contribution in [1.82, 2.24) is 4.72 Å². The summed E-state index contributed by atoms with van der Waals surface area (Å²) in [6.45, 7) is 1.82. The summed E-state index contributed by atoms with van der Waals surface area (Å²) in [5.41, 5.74) is 1.37. The lowest BCUT2D eigenvalue weighted by atomic mass is 10.1. The van der Waals surface area contributed by atoms with Crippen LogP contribution in [0, 0.1) is 0 Å². The van der Waals surface area contributed by atoms with Crippen molar-refractivity contribution in [3.8, 4) is 0 Å². The van der Waals surface area contributed by atoms with E-state index in [2.05, 4.69) is 9.46 Å². The number of esters is 1. The molecule has 0 bridgehead atoms. The van der Waals surface area contributed by atoms with Crippen molar-refractivity contribution in [3.63, 3.8) is 0 Å². The van der Waals surface area contributed by atoms with Gasteiger partial charge in [-0.05, 0) is 43.5 Å². The van der Waals surface area contributed by atoms with Gasteiger partial charge in [0, 0.05) is 6.04 Å². The van der Waals surface area contributed by atoms with Crippen LogP contribution in [0.4, 0.5) is 0 Å². The minimum Gasteiger partial charge on any atom is -0.465 e. The van der Waals surface area contributed by atoms with Crippen LogP contribution in [0.2, 0.25) is 0 Å². The third kappa shape index (κ3) is 4.91. The maximum absolute atomic E-state index is 12.5. The zero-order chi connectivity index (χ0) is 17.6. The lowest BCUT2D eigenvalue weighted by Gasteiger charge is -2.14. The van der Waals surface area contributed by atoms with Crippen molar-refractivity contribution in [3.05, 3.63) is 65.7 Å². The zero-order valence-corrected chi connectivity index (χ0v) is 14.5. The van der Waals surface area contributed by atoms with E-state index in [0.717, 1.165) is 12.0 Å². The average Bonchev–Trinajstić information content (AvgIpc) is 2.60. The predicted molar refractivity (Wildman–Crippen MR) is 92.3 cm³/mol. The Kier molecular flexibility index (Phi) is 6.11. The molecular weight excluding hydrogens is 326 g/mol. The Balaban J connectivity index is 2.03. The summed E-state index contributed by atoms with van der Waals surface area (Å²) in [6.07, 6.45) is 1.46. The SMILES string of the molecule is COC(=O)c1cccc(S(=O)(=O)N[C@@H](C)CCc2ccccc2)c1. The van der Waals surface area contributed by atoms with E-state index in [-0.39, 0.29) is 16.5 Å². The summed E-state index contributed by atoms with van der Waals surface area (Å²) in [6, 6.07) is 15.5. The molecule has 1 N–H and O–H groups in total. The Labute approximate surface area is 142 Å². The van der Waals surface area contributed by atoms with Crippen LogP contribution in [0.25, 0.3) is 0 Å². The van der Waals surface area contributed by atoms with Crippen molar-refractivity contribution in [1.29, 1.82) is 0 Å². The number of benzene rings is 2. The minimum absolute atomic E-state index is 0.0527. The molecule has 24 heavy (non-hydrogen) atoms. The van der Waals surface area contributed by atoms with Gasteiger partial charge < -0.3 is 4.74 Å². The molecular formula is C18H21NO4S. The van der Waals surface area contributed by atoms with E-state index in [0.29, 0.717) is 6.42 Å². The van der Waals surface area contributed by atoms with Crippen LogP contribution < -0.4 is 4.72 Å². The molecule has 0 spiro atoms. The van der Waals surface area contributed by atoms with Crippen LogP contribution in [-0.2, 0) is 21.2 Å². The van der Waals surface area contributed by atoms with Crippen molar-refractivity contribution < 1.29 is 17.9 Å². The van der Waals surface area contributed by atoms with Gasteiger partial charge in [-0.25, -0.2) is 17.9 Å². The van der Waals surface area contributed by atoms with Gasteiger partial charge in [-0.1, -0.05) is 36.4 Å². The number of ether oxygens (including phenoxy) is 1. The number of carbonyl (C=O) groups is 1. The highest BCUT2D eigenvalue weighted by Crippen LogP contribution is 2.14. The Morgan fingerprint density at radius 2 is 1.83 bits per heavy atom. The number of sulfonamides is 1. The van der Waals surface area contributed by atoms with Crippen molar-refractivity contribution >= 4 is 16.0 Å². The van der Waals surface area contributed by atoms with Gasteiger partial charge in [0.1, 0.15) is 0 Å². The fourth-order valence-electron chi connectivity index (χ4n) is 2.33. The third-order valence-electron chi connectivity index (χ3n) is 3.63. The number of aryl methyl sites for hydroxylation is 1. The summed E-state index contributed by atoms with van der Waals surface area (Å²) in [7, 11) is -2.43. The van der Waals surface area contributed by atoms with Gasteiger partial charge in [0.25, 0.3) is 0 Å². The van der Waals surface area contributed by atoms with E-state index < -0.39 is 16.0 Å². The van der Waals surface area contributed by atoms with Gasteiger partial charge in [0.15, 0.2) is 0 Å². The summed E-state index contributed by atoms with van der Waals surface area (Å²) in [5.74, 6) is -0.566. The first-order chi connectivity index (χ1) is 11.4. The molecule has 2 aromatic carbocycles. The van der Waals surface area contributed by atoms with E-state index in [1.165, 1.54) is 31.4 Å². The number of rotatable bonds is 7. The summed E-state index contributed by atoms with van der Waals surface area (Å²) in [4.78, 5) is 11.6. The Hall–Kier alpha value is -2.18. The highest BCUT2D eigenvalue weighted by Gasteiger charge is 2.19. The molecule has 0 unspecified atom stereocenters. The summed E-state index contributed by atoms with van der Waals surface area (Å²) in [5, 5.41) is 0. The molecule has 6 heteroatoms. The maximum atomic E-state index is 12.5. The Bertz CT molecular complexity index is 788. The highest BCUT2D eigenvalue weighted by molar-refractivity contribution is 7.89. The van der Waals surface area contributed by atoms with E-state index >= 15 is 0 Å². The van der Waals surface area contributed by atoms with Crippen LogP contribution in [0.3, 0.4) is 0 Å². The molecule has 2 rings (SSSR count). The average molecular weight is 347 g/mol. The van der Waals surface area contributed by atoms with Gasteiger partial charge in [-0.3, -0.25) is 0 Å². The van der Waals surface area contributed by atoms with E-state index in [1.807, 2.05) is 37.3 Å². The van der Waals surface area contributed by atoms with Crippen molar-refractivity contribution in [2.75, 3.05) is 7.11 Å². The first kappa shape index (κ1) is 18.2. The largest absolute Gasteiger partial charge is 0.465 e. The maximum Gasteiger partial charge on any atom is 0.337 e. The first-order valence-corrected chi connectivity index (χ1v) is 9.15. The van der Waals surface area contributed by atoms with Gasteiger partial charge in [-0.15, -0.1) is 0 Å². The molecule has 0 fully saturated rings. The van der Waals surface area contributed by atoms with Crippen LogP contribution in [0.5, 0.6) is 0 Å². The fraction of sp³-hybridized carbons (Fsp3) is 0.278. The summed E-state index contributed by atoms with van der Waals surface area (Å²) >= 11 is 0. The molecule has 2 aromatic rings. The number of nitrogens with one attached hydrogen (secondary N) is 1. The second-order valence-corrected chi connectivity index (χ2v) is 7.28. The number of methoxy groups -OCH3 is 1. The van der Waals surface area contributed by atoms with Gasteiger partial charge in [0.05, 0.1) is 17.6 Å². The molecule has 0 aliphatic rings. The predicted octanol–water partition coefficient (Wildman–Crippen LogP) is 2.77. The summed E-state index contributed by atoms with van der Waals surface area (Å²) < 4.78 is 32.2. The second kappa shape index (κ2) is 8.08. The van der Waals surface area contributed by atoms with Crippen molar-refractivity contribution in [2.45, 2.75) is 30.7 Å². The molecule has 0 aliphatic heterocycles. The molecule has 5 nitrogen and oxygen atoms in total. The second-order valence-electron chi connectivity index (χ2n) is 5.57. The topological polar surface area (TPSA) is 72.5 Å². The van der Waals surface area contributed by atoms with Crippen molar-refractivity contribution in [2.24, 2.45) is 0 Å².